The molecule has 0 amide bonds. The third-order valence-electron chi connectivity index (χ3n) is 3.01. The molecule has 0 radical (unpaired) electrons. The number of alkyl halides is 3. The van der Waals surface area contributed by atoms with Crippen LogP contribution in [-0.4, -0.2) is 33.3 Å². The smallest absolute Gasteiger partial charge is 0.408 e. The molecule has 1 unspecified atom stereocenters. The van der Waals surface area contributed by atoms with Gasteiger partial charge in [-0.3, -0.25) is 9.78 Å². The van der Waals surface area contributed by atoms with Crippen molar-refractivity contribution in [3.05, 3.63) is 35.8 Å². The molecule has 1 aliphatic rings. The zero-order valence-electron chi connectivity index (χ0n) is 11.4. The molecule has 1 atom stereocenters. The Balaban J connectivity index is 1.91. The summed E-state index contributed by atoms with van der Waals surface area (Å²) in [6.07, 6.45) is 2.18. The minimum atomic E-state index is -4.34. The van der Waals surface area contributed by atoms with Gasteiger partial charge in [0, 0.05) is 18.0 Å². The minimum absolute atomic E-state index is 0.129. The van der Waals surface area contributed by atoms with Gasteiger partial charge in [0.1, 0.15) is 17.6 Å². The quantitative estimate of drug-likeness (QED) is 0.933. The van der Waals surface area contributed by atoms with Crippen LogP contribution in [0.25, 0.3) is 0 Å². The van der Waals surface area contributed by atoms with E-state index in [1.54, 1.807) is 23.5 Å². The fourth-order valence-corrected chi connectivity index (χ4v) is 3.09. The molecular formula is C12H12F3N5OS. The number of hydrogen-bond donors (Lipinski definition) is 1. The Morgan fingerprint density at radius 2 is 2.27 bits per heavy atom. The molecule has 3 heterocycles. The van der Waals surface area contributed by atoms with Crippen LogP contribution in [0.1, 0.15) is 10.9 Å². The van der Waals surface area contributed by atoms with Crippen LogP contribution in [0.2, 0.25) is 0 Å². The Morgan fingerprint density at radius 1 is 1.45 bits per heavy atom. The number of aromatic nitrogens is 4. The van der Waals surface area contributed by atoms with Crippen LogP contribution in [0.15, 0.2) is 30.2 Å². The van der Waals surface area contributed by atoms with E-state index < -0.39 is 12.7 Å². The van der Waals surface area contributed by atoms with Gasteiger partial charge in [-0.05, 0) is 5.41 Å². The number of anilines is 1. The van der Waals surface area contributed by atoms with Gasteiger partial charge >= 0.3 is 6.18 Å². The van der Waals surface area contributed by atoms with Crippen molar-refractivity contribution in [1.82, 2.24) is 20.0 Å². The first-order valence-electron chi connectivity index (χ1n) is 6.25. The number of nitrogens with one attached hydrogen (secondary N) is 1. The minimum Gasteiger partial charge on any atom is -0.478 e. The van der Waals surface area contributed by atoms with E-state index in [1.165, 1.54) is 25.1 Å². The standard InChI is InChI=1S/C12H12F3N5OS/c1-21-10-9(6-19(18-10)7-12(13,14)15)20-2-3-22-11(20)8-4-16-17-5-8/h2-6,11H,7H2,1H3,(H,16,17). The summed E-state index contributed by atoms with van der Waals surface area (Å²) in [5, 5.41) is 12.2. The lowest BCUT2D eigenvalue weighted by Crippen LogP contribution is -2.18. The van der Waals surface area contributed by atoms with Crippen molar-refractivity contribution in [3.63, 3.8) is 0 Å². The number of nitrogens with zero attached hydrogens (tertiary/aromatic N) is 4. The van der Waals surface area contributed by atoms with Crippen molar-refractivity contribution in [1.29, 1.82) is 0 Å². The summed E-state index contributed by atoms with van der Waals surface area (Å²) in [4.78, 5) is 1.80. The predicted octanol–water partition coefficient (Wildman–Crippen LogP) is 2.90. The van der Waals surface area contributed by atoms with Gasteiger partial charge in [-0.25, -0.2) is 0 Å². The van der Waals surface area contributed by atoms with Gasteiger partial charge in [0.15, 0.2) is 0 Å². The van der Waals surface area contributed by atoms with Crippen molar-refractivity contribution < 1.29 is 17.9 Å². The van der Waals surface area contributed by atoms with E-state index in [0.29, 0.717) is 5.69 Å². The molecule has 0 bridgehead atoms. The van der Waals surface area contributed by atoms with Gasteiger partial charge in [0.2, 0.25) is 0 Å². The maximum Gasteiger partial charge on any atom is 0.408 e. The molecule has 6 nitrogen and oxygen atoms in total. The monoisotopic (exact) mass is 331 g/mol. The van der Waals surface area contributed by atoms with Gasteiger partial charge < -0.3 is 9.64 Å². The second-order valence-corrected chi connectivity index (χ2v) is 5.54. The number of ether oxygens (including phenoxy) is 1. The molecule has 0 saturated heterocycles. The van der Waals surface area contributed by atoms with Gasteiger partial charge in [-0.1, -0.05) is 0 Å². The lowest BCUT2D eigenvalue weighted by Gasteiger charge is -2.22. The molecule has 2 aromatic rings. The average molecular weight is 331 g/mol. The first-order chi connectivity index (χ1) is 10.5. The van der Waals surface area contributed by atoms with Crippen molar-refractivity contribution in [2.45, 2.75) is 18.1 Å². The first-order valence-corrected chi connectivity index (χ1v) is 7.19. The van der Waals surface area contributed by atoms with Crippen LogP contribution in [0.5, 0.6) is 5.88 Å². The van der Waals surface area contributed by atoms with E-state index in [1.807, 2.05) is 5.41 Å². The zero-order chi connectivity index (χ0) is 15.7. The van der Waals surface area contributed by atoms with E-state index in [0.717, 1.165) is 10.2 Å². The van der Waals surface area contributed by atoms with E-state index in [2.05, 4.69) is 15.3 Å². The fourth-order valence-electron chi connectivity index (χ4n) is 2.14. The molecule has 0 aromatic carbocycles. The lowest BCUT2D eigenvalue weighted by atomic mass is 10.3. The van der Waals surface area contributed by atoms with Crippen molar-refractivity contribution >= 4 is 17.4 Å². The molecule has 118 valence electrons. The first kappa shape index (κ1) is 14.8. The summed E-state index contributed by atoms with van der Waals surface area (Å²) in [5.41, 5.74) is 1.37. The molecule has 3 rings (SSSR count). The maximum absolute atomic E-state index is 12.5. The Bertz CT molecular complexity index is 667. The summed E-state index contributed by atoms with van der Waals surface area (Å²) >= 11 is 1.52. The van der Waals surface area contributed by atoms with Crippen molar-refractivity contribution in [3.8, 4) is 5.88 Å². The van der Waals surface area contributed by atoms with Crippen molar-refractivity contribution in [2.75, 3.05) is 12.0 Å². The number of rotatable bonds is 4. The fraction of sp³-hybridized carbons (Fsp3) is 0.333. The molecule has 1 N–H and O–H groups in total. The molecule has 1 aliphatic heterocycles. The van der Waals surface area contributed by atoms with Gasteiger partial charge in [0.05, 0.1) is 19.5 Å². The SMILES string of the molecule is COc1nn(CC(F)(F)F)cc1N1C=CSC1c1cn[nH]c1. The van der Waals surface area contributed by atoms with Gasteiger partial charge in [-0.15, -0.1) is 16.9 Å². The Kier molecular flexibility index (Phi) is 3.77. The van der Waals surface area contributed by atoms with Crippen molar-refractivity contribution in [2.24, 2.45) is 0 Å². The normalized spacial score (nSPS) is 18.2. The van der Waals surface area contributed by atoms with Crippen LogP contribution >= 0.6 is 11.8 Å². The molecule has 0 spiro atoms. The van der Waals surface area contributed by atoms with Gasteiger partial charge in [0.25, 0.3) is 5.88 Å². The second kappa shape index (κ2) is 5.59. The number of aromatic amines is 1. The summed E-state index contributed by atoms with van der Waals surface area (Å²) in [6, 6.07) is 0. The van der Waals surface area contributed by atoms with Crippen LogP contribution in [-0.2, 0) is 6.54 Å². The third kappa shape index (κ3) is 2.91. The van der Waals surface area contributed by atoms with Gasteiger partial charge in [-0.2, -0.15) is 18.3 Å². The highest BCUT2D eigenvalue weighted by Gasteiger charge is 2.32. The predicted molar refractivity (Wildman–Crippen MR) is 75.4 cm³/mol. The summed E-state index contributed by atoms with van der Waals surface area (Å²) in [6.45, 7) is -1.16. The molecule has 0 aliphatic carbocycles. The highest BCUT2D eigenvalue weighted by Crippen LogP contribution is 2.44. The van der Waals surface area contributed by atoms with E-state index in [-0.39, 0.29) is 11.3 Å². The number of halogens is 3. The molecular weight excluding hydrogens is 319 g/mol. The summed E-state index contributed by atoms with van der Waals surface area (Å²) in [5.74, 6) is 0.143. The molecule has 10 heteroatoms. The molecule has 0 fully saturated rings. The number of hydrogen-bond acceptors (Lipinski definition) is 5. The zero-order valence-corrected chi connectivity index (χ0v) is 12.2. The Labute approximate surface area is 127 Å². The van der Waals surface area contributed by atoms with Crippen LogP contribution in [0.3, 0.4) is 0 Å². The summed E-state index contributed by atoms with van der Waals surface area (Å²) < 4.78 is 43.5. The van der Waals surface area contributed by atoms with Crippen LogP contribution in [0, 0.1) is 0 Å². The molecule has 0 saturated carbocycles. The Hall–Kier alpha value is -2.10. The molecule has 22 heavy (non-hydrogen) atoms. The topological polar surface area (TPSA) is 59.0 Å². The number of thioether (sulfide) groups is 1. The lowest BCUT2D eigenvalue weighted by molar-refractivity contribution is -0.142. The maximum atomic E-state index is 12.5. The number of H-pyrrole nitrogens is 1. The van der Waals surface area contributed by atoms with E-state index in [9.17, 15) is 13.2 Å². The highest BCUT2D eigenvalue weighted by atomic mass is 32.2. The molecule has 2 aromatic heterocycles. The second-order valence-electron chi connectivity index (χ2n) is 4.55. The van der Waals surface area contributed by atoms with Crippen LogP contribution < -0.4 is 9.64 Å². The van der Waals surface area contributed by atoms with Crippen LogP contribution in [0.4, 0.5) is 18.9 Å². The Morgan fingerprint density at radius 3 is 2.91 bits per heavy atom. The largest absolute Gasteiger partial charge is 0.478 e. The number of methoxy groups -OCH3 is 1. The average Bonchev–Trinajstić information content (AvgIpc) is 3.15. The summed E-state index contributed by atoms with van der Waals surface area (Å²) in [7, 11) is 1.38. The highest BCUT2D eigenvalue weighted by molar-refractivity contribution is 8.02. The third-order valence-corrected chi connectivity index (χ3v) is 4.04. The van der Waals surface area contributed by atoms with E-state index in [4.69, 9.17) is 4.74 Å². The van der Waals surface area contributed by atoms with E-state index >= 15 is 0 Å².